The lowest BCUT2D eigenvalue weighted by Crippen LogP contribution is -2.49. The van der Waals surface area contributed by atoms with Crippen LogP contribution in [0.25, 0.3) is 0 Å². The van der Waals surface area contributed by atoms with Crippen LogP contribution in [0.2, 0.25) is 0 Å². The normalized spacial score (nSPS) is 22.3. The van der Waals surface area contributed by atoms with Crippen LogP contribution in [0.5, 0.6) is 0 Å². The van der Waals surface area contributed by atoms with E-state index in [-0.39, 0.29) is 17.0 Å². The molecule has 2 rings (SSSR count). The van der Waals surface area contributed by atoms with E-state index in [1.165, 1.54) is 0 Å². The van der Waals surface area contributed by atoms with Crippen LogP contribution in [0.15, 0.2) is 29.2 Å². The second-order valence-electron chi connectivity index (χ2n) is 5.13. The number of primary sulfonamides is 1. The molecule has 4 N–H and O–H groups in total. The summed E-state index contributed by atoms with van der Waals surface area (Å²) in [5.41, 5.74) is 6.70. The minimum absolute atomic E-state index is 0.00571. The van der Waals surface area contributed by atoms with Crippen LogP contribution >= 0.6 is 0 Å². The molecule has 0 saturated carbocycles. The molecule has 1 fully saturated rings. The van der Waals surface area contributed by atoms with Crippen molar-refractivity contribution in [2.45, 2.75) is 43.2 Å². The molecular formula is C13H21N3O2S. The van der Waals surface area contributed by atoms with Crippen molar-refractivity contribution >= 4 is 15.7 Å². The minimum Gasteiger partial charge on any atom is -0.366 e. The van der Waals surface area contributed by atoms with E-state index < -0.39 is 10.0 Å². The third-order valence-corrected chi connectivity index (χ3v) is 4.60. The SMILES string of the molecule is CC(N)C1CCCCN1c1ccccc1S(N)(=O)=O. The van der Waals surface area contributed by atoms with Crippen LogP contribution in [-0.2, 0) is 10.0 Å². The fraction of sp³-hybridized carbons (Fsp3) is 0.538. The molecule has 1 saturated heterocycles. The summed E-state index contributed by atoms with van der Waals surface area (Å²) in [5.74, 6) is 0. The van der Waals surface area contributed by atoms with E-state index >= 15 is 0 Å². The van der Waals surface area contributed by atoms with Crippen LogP contribution < -0.4 is 15.8 Å². The average molecular weight is 283 g/mol. The third-order valence-electron chi connectivity index (χ3n) is 3.64. The van der Waals surface area contributed by atoms with Gasteiger partial charge in [-0.3, -0.25) is 0 Å². The number of hydrogen-bond acceptors (Lipinski definition) is 4. The van der Waals surface area contributed by atoms with Gasteiger partial charge < -0.3 is 10.6 Å². The summed E-state index contributed by atoms with van der Waals surface area (Å²) in [7, 11) is -3.71. The van der Waals surface area contributed by atoms with Crippen LogP contribution in [0.3, 0.4) is 0 Å². The molecule has 2 atom stereocenters. The molecule has 1 heterocycles. The van der Waals surface area contributed by atoms with Crippen molar-refractivity contribution in [1.82, 2.24) is 0 Å². The zero-order valence-corrected chi connectivity index (χ0v) is 11.9. The highest BCUT2D eigenvalue weighted by Crippen LogP contribution is 2.30. The molecule has 0 radical (unpaired) electrons. The molecule has 106 valence electrons. The monoisotopic (exact) mass is 283 g/mol. The lowest BCUT2D eigenvalue weighted by atomic mass is 9.96. The molecule has 1 aromatic carbocycles. The first kappa shape index (κ1) is 14.3. The van der Waals surface area contributed by atoms with E-state index in [2.05, 4.69) is 4.90 Å². The van der Waals surface area contributed by atoms with Crippen molar-refractivity contribution < 1.29 is 8.42 Å². The fourth-order valence-corrected chi connectivity index (χ4v) is 3.48. The van der Waals surface area contributed by atoms with Gasteiger partial charge in [-0.2, -0.15) is 0 Å². The molecule has 0 aliphatic carbocycles. The van der Waals surface area contributed by atoms with Gasteiger partial charge in [0.25, 0.3) is 0 Å². The van der Waals surface area contributed by atoms with Gasteiger partial charge in [0.05, 0.1) is 5.69 Å². The molecule has 1 aromatic rings. The Labute approximate surface area is 114 Å². The van der Waals surface area contributed by atoms with E-state index in [9.17, 15) is 8.42 Å². The number of hydrogen-bond donors (Lipinski definition) is 2. The summed E-state index contributed by atoms with van der Waals surface area (Å²) in [6.45, 7) is 2.78. The summed E-state index contributed by atoms with van der Waals surface area (Å²) in [6, 6.07) is 7.04. The highest BCUT2D eigenvalue weighted by atomic mass is 32.2. The van der Waals surface area contributed by atoms with E-state index in [4.69, 9.17) is 10.9 Å². The molecule has 1 aliphatic heterocycles. The van der Waals surface area contributed by atoms with Crippen molar-refractivity contribution in [2.24, 2.45) is 10.9 Å². The first-order valence-corrected chi connectivity index (χ1v) is 8.10. The minimum atomic E-state index is -3.71. The second kappa shape index (κ2) is 5.48. The Kier molecular flexibility index (Phi) is 4.13. The number of rotatable bonds is 3. The quantitative estimate of drug-likeness (QED) is 0.867. The average Bonchev–Trinajstić information content (AvgIpc) is 2.37. The molecule has 5 nitrogen and oxygen atoms in total. The van der Waals surface area contributed by atoms with Gasteiger partial charge in [0.2, 0.25) is 10.0 Å². The highest BCUT2D eigenvalue weighted by molar-refractivity contribution is 7.89. The van der Waals surface area contributed by atoms with Crippen LogP contribution in [0.1, 0.15) is 26.2 Å². The van der Waals surface area contributed by atoms with E-state index in [0.717, 1.165) is 25.8 Å². The zero-order chi connectivity index (χ0) is 14.0. The van der Waals surface area contributed by atoms with Crippen LogP contribution in [0.4, 0.5) is 5.69 Å². The second-order valence-corrected chi connectivity index (χ2v) is 6.66. The van der Waals surface area contributed by atoms with Gasteiger partial charge in [-0.05, 0) is 38.3 Å². The summed E-state index contributed by atoms with van der Waals surface area (Å²) >= 11 is 0. The van der Waals surface area contributed by atoms with Gasteiger partial charge in [0.1, 0.15) is 4.90 Å². The van der Waals surface area contributed by atoms with Gasteiger partial charge in [-0.1, -0.05) is 12.1 Å². The van der Waals surface area contributed by atoms with Gasteiger partial charge in [0.15, 0.2) is 0 Å². The van der Waals surface area contributed by atoms with Gasteiger partial charge in [-0.25, -0.2) is 13.6 Å². The maximum Gasteiger partial charge on any atom is 0.240 e. The van der Waals surface area contributed by atoms with Crippen molar-refractivity contribution in [3.8, 4) is 0 Å². The van der Waals surface area contributed by atoms with E-state index in [0.29, 0.717) is 5.69 Å². The van der Waals surface area contributed by atoms with Crippen molar-refractivity contribution in [2.75, 3.05) is 11.4 Å². The first-order chi connectivity index (χ1) is 8.91. The summed E-state index contributed by atoms with van der Waals surface area (Å²) in [6.07, 6.45) is 3.15. The Morgan fingerprint density at radius 3 is 2.63 bits per heavy atom. The number of piperidine rings is 1. The van der Waals surface area contributed by atoms with Crippen LogP contribution in [-0.4, -0.2) is 27.0 Å². The van der Waals surface area contributed by atoms with Gasteiger partial charge >= 0.3 is 0 Å². The topological polar surface area (TPSA) is 89.4 Å². The predicted octanol–water partition coefficient (Wildman–Crippen LogP) is 1.04. The highest BCUT2D eigenvalue weighted by Gasteiger charge is 2.28. The molecule has 0 bridgehead atoms. The molecular weight excluding hydrogens is 262 g/mol. The van der Waals surface area contributed by atoms with E-state index in [1.807, 2.05) is 13.0 Å². The number of para-hydroxylation sites is 1. The first-order valence-electron chi connectivity index (χ1n) is 6.55. The van der Waals surface area contributed by atoms with Crippen LogP contribution in [0, 0.1) is 0 Å². The molecule has 0 spiro atoms. The Balaban J connectivity index is 2.45. The number of sulfonamides is 1. The molecule has 2 unspecified atom stereocenters. The number of benzene rings is 1. The molecule has 0 aromatic heterocycles. The number of nitrogens with zero attached hydrogens (tertiary/aromatic N) is 1. The molecule has 19 heavy (non-hydrogen) atoms. The third kappa shape index (κ3) is 3.08. The lowest BCUT2D eigenvalue weighted by Gasteiger charge is -2.40. The number of nitrogens with two attached hydrogens (primary N) is 2. The van der Waals surface area contributed by atoms with Gasteiger partial charge in [-0.15, -0.1) is 0 Å². The Bertz CT molecular complexity index is 543. The largest absolute Gasteiger partial charge is 0.366 e. The fourth-order valence-electron chi connectivity index (χ4n) is 2.74. The zero-order valence-electron chi connectivity index (χ0n) is 11.1. The van der Waals surface area contributed by atoms with Crippen molar-refractivity contribution in [3.05, 3.63) is 24.3 Å². The lowest BCUT2D eigenvalue weighted by molar-refractivity contribution is 0.411. The molecule has 0 amide bonds. The Morgan fingerprint density at radius 1 is 1.32 bits per heavy atom. The molecule has 1 aliphatic rings. The smallest absolute Gasteiger partial charge is 0.240 e. The molecule has 6 heteroatoms. The van der Waals surface area contributed by atoms with Crippen molar-refractivity contribution in [1.29, 1.82) is 0 Å². The number of anilines is 1. The summed E-state index contributed by atoms with van der Waals surface area (Å²) in [4.78, 5) is 2.27. The Hall–Kier alpha value is -1.11. The maximum atomic E-state index is 11.7. The standard InChI is InChI=1S/C13H21N3O2S/c1-10(14)11-6-4-5-9-16(11)12-7-2-3-8-13(12)19(15,17)18/h2-3,7-8,10-11H,4-6,9,14H2,1H3,(H2,15,17,18). The predicted molar refractivity (Wildman–Crippen MR) is 76.4 cm³/mol. The summed E-state index contributed by atoms with van der Waals surface area (Å²) in [5, 5.41) is 5.30. The van der Waals surface area contributed by atoms with E-state index in [1.54, 1.807) is 18.2 Å². The van der Waals surface area contributed by atoms with Gasteiger partial charge in [0, 0.05) is 18.6 Å². The maximum absolute atomic E-state index is 11.7. The Morgan fingerprint density at radius 2 is 2.00 bits per heavy atom. The van der Waals surface area contributed by atoms with Crippen molar-refractivity contribution in [3.63, 3.8) is 0 Å². The summed E-state index contributed by atoms with van der Waals surface area (Å²) < 4.78 is 23.4.